The highest BCUT2D eigenvalue weighted by atomic mass is 19.3. The Morgan fingerprint density at radius 3 is 2.58 bits per heavy atom. The number of likely N-dealkylation sites (tertiary alicyclic amines) is 1. The summed E-state index contributed by atoms with van der Waals surface area (Å²) < 4.78 is 50.8. The van der Waals surface area contributed by atoms with Crippen LogP contribution in [0.3, 0.4) is 0 Å². The van der Waals surface area contributed by atoms with Gasteiger partial charge in [0.1, 0.15) is 6.61 Å². The van der Waals surface area contributed by atoms with Crippen LogP contribution in [0, 0.1) is 0 Å². The predicted molar refractivity (Wildman–Crippen MR) is 123 cm³/mol. The fraction of sp³-hybridized carbons (Fsp3) is 0.542. The molecule has 4 N–H and O–H groups in total. The van der Waals surface area contributed by atoms with E-state index in [-0.39, 0.29) is 30.8 Å². The molecule has 1 unspecified atom stereocenters. The largest absolute Gasteiger partial charge is 0.505 e. The normalized spacial score (nSPS) is 21.8. The number of anilines is 1. The molecule has 12 heteroatoms. The molecule has 0 aliphatic carbocycles. The zero-order chi connectivity index (χ0) is 25.5. The van der Waals surface area contributed by atoms with Gasteiger partial charge in [0.25, 0.3) is 5.92 Å². The smallest absolute Gasteiger partial charge is 0.403 e. The Labute approximate surface area is 206 Å². The molecule has 9 nitrogen and oxygen atoms in total. The molecule has 2 aromatic rings. The van der Waals surface area contributed by atoms with Crippen LogP contribution >= 0.6 is 0 Å². The minimum atomic E-state index is -3.31. The number of benzene rings is 1. The number of nitrogens with zero attached hydrogens (tertiary/aromatic N) is 3. The van der Waals surface area contributed by atoms with Gasteiger partial charge in [-0.15, -0.1) is 0 Å². The van der Waals surface area contributed by atoms with Crippen molar-refractivity contribution in [2.45, 2.75) is 37.0 Å². The molecule has 5 rings (SSSR count). The van der Waals surface area contributed by atoms with Crippen LogP contribution in [0.25, 0.3) is 0 Å². The first-order valence-corrected chi connectivity index (χ1v) is 11.9. The molecule has 36 heavy (non-hydrogen) atoms. The molecule has 3 aliphatic heterocycles. The molecular formula is C24H29F3N4O5. The van der Waals surface area contributed by atoms with Crippen molar-refractivity contribution in [1.29, 1.82) is 0 Å². The number of halogens is 3. The molecule has 0 amide bonds. The molecule has 1 aromatic heterocycles. The lowest BCUT2D eigenvalue weighted by Crippen LogP contribution is -2.54. The van der Waals surface area contributed by atoms with E-state index in [1.807, 2.05) is 6.07 Å². The van der Waals surface area contributed by atoms with Crippen LogP contribution in [0.2, 0.25) is 0 Å². The molecule has 1 atom stereocenters. The van der Waals surface area contributed by atoms with Crippen LogP contribution < -0.4 is 14.8 Å². The Hall–Kier alpha value is -2.64. The Morgan fingerprint density at radius 2 is 1.92 bits per heavy atom. The fourth-order valence-corrected chi connectivity index (χ4v) is 5.02. The maximum atomic E-state index is 14.2. The van der Waals surface area contributed by atoms with Gasteiger partial charge in [-0.05, 0) is 48.2 Å². The maximum Gasteiger partial charge on any atom is 0.505 e. The molecule has 196 valence electrons. The quantitative estimate of drug-likeness (QED) is 0.373. The standard InChI is InChI=1S/C24H29F3N4O5/c25-5-1-6-30-11-17(12-30)29-16-2-3-19(28-10-16)22-18-9-21-20(35-24(33,34)36-21)8-15(18)4-7-31(22)13-23(26,27)14-32/h2-3,8-10,17,22,29,32-34H,1,4-7,11-14H2. The molecule has 0 bridgehead atoms. The Balaban J connectivity index is 1.38. The van der Waals surface area contributed by atoms with E-state index < -0.39 is 31.3 Å². The molecule has 0 spiro atoms. The lowest BCUT2D eigenvalue weighted by Gasteiger charge is -2.40. The van der Waals surface area contributed by atoms with Crippen LogP contribution in [-0.2, 0) is 6.42 Å². The van der Waals surface area contributed by atoms with E-state index in [4.69, 9.17) is 14.6 Å². The van der Waals surface area contributed by atoms with Crippen LogP contribution in [-0.4, -0.2) is 94.2 Å². The van der Waals surface area contributed by atoms with Crippen molar-refractivity contribution in [1.82, 2.24) is 14.8 Å². The summed E-state index contributed by atoms with van der Waals surface area (Å²) in [5.74, 6) is -3.07. The summed E-state index contributed by atoms with van der Waals surface area (Å²) in [6.45, 7) is 0.348. The number of hydrogen-bond donors (Lipinski definition) is 4. The number of fused-ring (bicyclic) bond motifs is 2. The van der Waals surface area contributed by atoms with E-state index in [1.165, 1.54) is 0 Å². The zero-order valence-corrected chi connectivity index (χ0v) is 19.5. The number of ether oxygens (including phenoxy) is 2. The van der Waals surface area contributed by atoms with Gasteiger partial charge in [0, 0.05) is 26.2 Å². The third-order valence-electron chi connectivity index (χ3n) is 6.69. The van der Waals surface area contributed by atoms with Gasteiger partial charge >= 0.3 is 6.16 Å². The third-order valence-corrected chi connectivity index (χ3v) is 6.69. The van der Waals surface area contributed by atoms with E-state index in [9.17, 15) is 23.4 Å². The lowest BCUT2D eigenvalue weighted by atomic mass is 9.89. The number of aliphatic hydroxyl groups excluding tert-OH is 1. The molecule has 3 aliphatic rings. The van der Waals surface area contributed by atoms with Gasteiger partial charge in [0.2, 0.25) is 0 Å². The fourth-order valence-electron chi connectivity index (χ4n) is 5.02. The highest BCUT2D eigenvalue weighted by Crippen LogP contribution is 2.45. The summed E-state index contributed by atoms with van der Waals surface area (Å²) in [5, 5.41) is 31.9. The first-order valence-electron chi connectivity index (χ1n) is 11.9. The van der Waals surface area contributed by atoms with Crippen LogP contribution in [0.4, 0.5) is 18.9 Å². The van der Waals surface area contributed by atoms with Crippen molar-refractivity contribution in [3.8, 4) is 11.5 Å². The number of hydrogen-bond acceptors (Lipinski definition) is 9. The van der Waals surface area contributed by atoms with Gasteiger partial charge in [-0.2, -0.15) is 0 Å². The van der Waals surface area contributed by atoms with E-state index >= 15 is 0 Å². The van der Waals surface area contributed by atoms with Gasteiger partial charge in [0.05, 0.1) is 42.9 Å². The second-order valence-electron chi connectivity index (χ2n) is 9.50. The van der Waals surface area contributed by atoms with Crippen molar-refractivity contribution in [2.75, 3.05) is 51.3 Å². The second-order valence-corrected chi connectivity index (χ2v) is 9.50. The average Bonchev–Trinajstić information content (AvgIpc) is 3.12. The number of rotatable bonds is 9. The van der Waals surface area contributed by atoms with Gasteiger partial charge in [-0.1, -0.05) is 0 Å². The summed E-state index contributed by atoms with van der Waals surface area (Å²) in [6, 6.07) is 6.32. The summed E-state index contributed by atoms with van der Waals surface area (Å²) in [6.07, 6.45) is -0.209. The predicted octanol–water partition coefficient (Wildman–Crippen LogP) is 1.48. The molecule has 1 saturated heterocycles. The topological polar surface area (TPSA) is 111 Å². The number of nitrogens with one attached hydrogen (secondary N) is 1. The van der Waals surface area contributed by atoms with Gasteiger partial charge < -0.3 is 19.9 Å². The van der Waals surface area contributed by atoms with E-state index in [0.717, 1.165) is 30.9 Å². The highest BCUT2D eigenvalue weighted by Gasteiger charge is 2.42. The van der Waals surface area contributed by atoms with E-state index in [2.05, 4.69) is 15.2 Å². The monoisotopic (exact) mass is 510 g/mol. The number of aromatic nitrogens is 1. The summed E-state index contributed by atoms with van der Waals surface area (Å²) in [5.41, 5.74) is 2.72. The van der Waals surface area contributed by atoms with Crippen molar-refractivity contribution < 1.29 is 38.0 Å². The SMILES string of the molecule is OCC(F)(F)CN1CCc2cc3c(cc2C1c1ccc(NC2CN(CCCF)C2)cn1)OC(O)(O)O3. The summed E-state index contributed by atoms with van der Waals surface area (Å²) in [4.78, 5) is 8.28. The van der Waals surface area contributed by atoms with Crippen molar-refractivity contribution in [3.05, 3.63) is 47.3 Å². The summed E-state index contributed by atoms with van der Waals surface area (Å²) >= 11 is 0. The maximum absolute atomic E-state index is 14.2. The molecular weight excluding hydrogens is 481 g/mol. The minimum Gasteiger partial charge on any atom is -0.403 e. The molecule has 1 fully saturated rings. The van der Waals surface area contributed by atoms with Gasteiger partial charge in [-0.25, -0.2) is 8.78 Å². The summed E-state index contributed by atoms with van der Waals surface area (Å²) in [7, 11) is 0. The van der Waals surface area contributed by atoms with Crippen molar-refractivity contribution in [3.63, 3.8) is 0 Å². The molecule has 0 saturated carbocycles. The lowest BCUT2D eigenvalue weighted by molar-refractivity contribution is -0.385. The first-order chi connectivity index (χ1) is 17.2. The average molecular weight is 511 g/mol. The first kappa shape index (κ1) is 25.0. The Morgan fingerprint density at radius 1 is 1.17 bits per heavy atom. The van der Waals surface area contributed by atoms with E-state index in [1.54, 1.807) is 29.3 Å². The van der Waals surface area contributed by atoms with Crippen LogP contribution in [0.5, 0.6) is 11.5 Å². The second kappa shape index (κ2) is 9.67. The molecule has 0 radical (unpaired) electrons. The van der Waals surface area contributed by atoms with Crippen LogP contribution in [0.15, 0.2) is 30.5 Å². The highest BCUT2D eigenvalue weighted by molar-refractivity contribution is 5.53. The van der Waals surface area contributed by atoms with E-state index in [0.29, 0.717) is 24.1 Å². The number of pyridine rings is 1. The van der Waals surface area contributed by atoms with Gasteiger partial charge in [-0.3, -0.25) is 29.4 Å². The molecule has 1 aromatic carbocycles. The number of aliphatic hydroxyl groups is 3. The van der Waals surface area contributed by atoms with Crippen molar-refractivity contribution in [2.24, 2.45) is 0 Å². The minimum absolute atomic E-state index is 0.0834. The zero-order valence-electron chi connectivity index (χ0n) is 19.5. The third kappa shape index (κ3) is 5.23. The van der Waals surface area contributed by atoms with Crippen LogP contribution in [0.1, 0.15) is 29.3 Å². The van der Waals surface area contributed by atoms with Crippen molar-refractivity contribution >= 4 is 5.69 Å². The number of alkyl halides is 3. The Bertz CT molecular complexity index is 1080. The van der Waals surface area contributed by atoms with Gasteiger partial charge in [0.15, 0.2) is 11.5 Å². The molecule has 4 heterocycles. The Kier molecular flexibility index (Phi) is 6.72.